The normalized spacial score (nSPS) is 16.6. The molecular formula is C19H28O3S. The number of phenols is 1. The second kappa shape index (κ2) is 9.21. The molecule has 0 amide bonds. The van der Waals surface area contributed by atoms with E-state index in [1.165, 1.54) is 32.1 Å². The smallest absolute Gasteiger partial charge is 0.306 e. The van der Waals surface area contributed by atoms with Crippen LogP contribution >= 0.6 is 12.6 Å². The maximum Gasteiger partial charge on any atom is 0.306 e. The summed E-state index contributed by atoms with van der Waals surface area (Å²) in [5.74, 6) is 1.11. The largest absolute Gasteiger partial charge is 0.507 e. The third-order valence-electron chi connectivity index (χ3n) is 4.65. The summed E-state index contributed by atoms with van der Waals surface area (Å²) in [6.07, 6.45) is 8.96. The summed E-state index contributed by atoms with van der Waals surface area (Å²) in [4.78, 5) is 11.5. The van der Waals surface area contributed by atoms with Crippen molar-refractivity contribution in [3.05, 3.63) is 28.8 Å². The molecule has 1 aliphatic rings. The summed E-state index contributed by atoms with van der Waals surface area (Å²) in [5, 5.41) is 10.5. The Morgan fingerprint density at radius 3 is 2.52 bits per heavy atom. The Labute approximate surface area is 144 Å². The third kappa shape index (κ3) is 5.45. The van der Waals surface area contributed by atoms with Crippen molar-refractivity contribution in [2.24, 2.45) is 0 Å². The van der Waals surface area contributed by atoms with Crippen molar-refractivity contribution in [2.75, 3.05) is 5.75 Å². The van der Waals surface area contributed by atoms with Gasteiger partial charge >= 0.3 is 5.97 Å². The average molecular weight is 336 g/mol. The van der Waals surface area contributed by atoms with E-state index in [9.17, 15) is 9.90 Å². The highest BCUT2D eigenvalue weighted by atomic mass is 32.1. The molecule has 0 heterocycles. The number of carbonyl (C=O) groups excluding carboxylic acids is 1. The van der Waals surface area contributed by atoms with Gasteiger partial charge in [-0.05, 0) is 54.5 Å². The van der Waals surface area contributed by atoms with Gasteiger partial charge in [-0.15, -0.1) is 0 Å². The van der Waals surface area contributed by atoms with Gasteiger partial charge in [-0.25, -0.2) is 0 Å². The lowest BCUT2D eigenvalue weighted by atomic mass is 9.84. The van der Waals surface area contributed by atoms with Crippen LogP contribution in [-0.2, 0) is 16.1 Å². The predicted molar refractivity (Wildman–Crippen MR) is 96.2 cm³/mol. The van der Waals surface area contributed by atoms with E-state index in [1.54, 1.807) is 0 Å². The fourth-order valence-corrected chi connectivity index (χ4v) is 3.56. The van der Waals surface area contributed by atoms with E-state index < -0.39 is 0 Å². The van der Waals surface area contributed by atoms with Crippen molar-refractivity contribution < 1.29 is 14.6 Å². The lowest BCUT2D eigenvalue weighted by molar-refractivity contribution is -0.144. The van der Waals surface area contributed by atoms with Crippen LogP contribution in [0.2, 0.25) is 0 Å². The monoisotopic (exact) mass is 336 g/mol. The van der Waals surface area contributed by atoms with Gasteiger partial charge in [0.2, 0.25) is 0 Å². The van der Waals surface area contributed by atoms with Crippen LogP contribution in [0.5, 0.6) is 5.75 Å². The molecule has 3 nitrogen and oxygen atoms in total. The molecule has 2 rings (SSSR count). The lowest BCUT2D eigenvalue weighted by Gasteiger charge is -2.22. The Hall–Kier alpha value is -1.16. The van der Waals surface area contributed by atoms with Crippen LogP contribution < -0.4 is 0 Å². The Kier molecular flexibility index (Phi) is 7.28. The summed E-state index contributed by atoms with van der Waals surface area (Å²) >= 11 is 4.04. The van der Waals surface area contributed by atoms with Gasteiger partial charge in [-0.3, -0.25) is 4.79 Å². The van der Waals surface area contributed by atoms with E-state index in [0.29, 0.717) is 23.8 Å². The molecule has 1 aliphatic carbocycles. The maximum atomic E-state index is 11.5. The summed E-state index contributed by atoms with van der Waals surface area (Å²) in [6.45, 7) is 2.19. The first-order valence-corrected chi connectivity index (χ1v) is 9.34. The highest BCUT2D eigenvalue weighted by molar-refractivity contribution is 7.80. The van der Waals surface area contributed by atoms with E-state index in [-0.39, 0.29) is 12.6 Å². The number of esters is 1. The number of rotatable bonds is 5. The van der Waals surface area contributed by atoms with Crippen molar-refractivity contribution >= 4 is 18.6 Å². The van der Waals surface area contributed by atoms with Crippen LogP contribution in [0.15, 0.2) is 12.1 Å². The molecule has 1 N–H and O–H groups in total. The number of hydrogen-bond donors (Lipinski definition) is 2. The number of phenolic OH excluding ortho intramolecular Hbond substituents is 1. The molecule has 23 heavy (non-hydrogen) atoms. The predicted octanol–water partition coefficient (Wildman–Crippen LogP) is 4.89. The number of benzene rings is 1. The number of aromatic hydroxyl groups is 1. The van der Waals surface area contributed by atoms with E-state index in [1.807, 2.05) is 19.1 Å². The number of aryl methyl sites for hydroxylation is 1. The molecule has 0 radical (unpaired) electrons. The Balaban J connectivity index is 2.12. The van der Waals surface area contributed by atoms with Crippen molar-refractivity contribution in [3.63, 3.8) is 0 Å². The minimum atomic E-state index is -0.224. The summed E-state index contributed by atoms with van der Waals surface area (Å²) in [7, 11) is 0. The van der Waals surface area contributed by atoms with Gasteiger partial charge in [0.15, 0.2) is 0 Å². The Morgan fingerprint density at radius 2 is 1.87 bits per heavy atom. The van der Waals surface area contributed by atoms with Crippen LogP contribution in [-0.4, -0.2) is 16.8 Å². The summed E-state index contributed by atoms with van der Waals surface area (Å²) in [6, 6.07) is 3.94. The van der Waals surface area contributed by atoms with E-state index in [4.69, 9.17) is 4.74 Å². The molecule has 0 spiro atoms. The first-order valence-electron chi connectivity index (χ1n) is 8.70. The minimum Gasteiger partial charge on any atom is -0.507 e. The molecule has 0 saturated heterocycles. The van der Waals surface area contributed by atoms with Crippen LogP contribution in [0.4, 0.5) is 0 Å². The quantitative estimate of drug-likeness (QED) is 0.594. The van der Waals surface area contributed by atoms with Crippen molar-refractivity contribution in [1.82, 2.24) is 0 Å². The van der Waals surface area contributed by atoms with Crippen molar-refractivity contribution in [1.29, 1.82) is 0 Å². The Bertz CT molecular complexity index is 520. The molecule has 0 aliphatic heterocycles. The zero-order chi connectivity index (χ0) is 16.7. The highest BCUT2D eigenvalue weighted by Crippen LogP contribution is 2.38. The van der Waals surface area contributed by atoms with Gasteiger partial charge in [0.1, 0.15) is 12.4 Å². The molecule has 1 aromatic carbocycles. The second-order valence-electron chi connectivity index (χ2n) is 6.53. The Morgan fingerprint density at radius 1 is 1.22 bits per heavy atom. The van der Waals surface area contributed by atoms with Crippen LogP contribution in [0.25, 0.3) is 0 Å². The molecule has 0 atom stereocenters. The van der Waals surface area contributed by atoms with Gasteiger partial charge in [-0.2, -0.15) is 12.6 Å². The maximum absolute atomic E-state index is 11.5. The zero-order valence-electron chi connectivity index (χ0n) is 14.0. The van der Waals surface area contributed by atoms with Gasteiger partial charge in [0, 0.05) is 5.75 Å². The zero-order valence-corrected chi connectivity index (χ0v) is 14.9. The minimum absolute atomic E-state index is 0.224. The molecule has 1 fully saturated rings. The van der Waals surface area contributed by atoms with Gasteiger partial charge in [-0.1, -0.05) is 32.1 Å². The van der Waals surface area contributed by atoms with E-state index >= 15 is 0 Å². The van der Waals surface area contributed by atoms with Crippen molar-refractivity contribution in [3.8, 4) is 5.75 Å². The first kappa shape index (κ1) is 18.2. The number of carbonyl (C=O) groups is 1. The van der Waals surface area contributed by atoms with E-state index in [0.717, 1.165) is 29.5 Å². The third-order valence-corrected chi connectivity index (χ3v) is 4.87. The van der Waals surface area contributed by atoms with E-state index in [2.05, 4.69) is 12.6 Å². The fraction of sp³-hybridized carbons (Fsp3) is 0.632. The van der Waals surface area contributed by atoms with Crippen LogP contribution in [0, 0.1) is 6.92 Å². The molecule has 0 bridgehead atoms. The highest BCUT2D eigenvalue weighted by Gasteiger charge is 2.19. The topological polar surface area (TPSA) is 46.5 Å². The standard InChI is InChI=1S/C19H28O3S/c1-14-11-15(13-22-18(20)9-10-23)12-17(19(14)21)16-7-5-3-2-4-6-8-16/h11-12,16,21,23H,2-10,13H2,1H3. The second-order valence-corrected chi connectivity index (χ2v) is 6.97. The molecule has 1 aromatic rings. The van der Waals surface area contributed by atoms with Crippen molar-refractivity contribution in [2.45, 2.75) is 70.8 Å². The van der Waals surface area contributed by atoms with Crippen LogP contribution in [0.1, 0.15) is 74.0 Å². The number of thiol groups is 1. The molecule has 128 valence electrons. The molecule has 1 saturated carbocycles. The molecule has 0 aromatic heterocycles. The molecule has 0 unspecified atom stereocenters. The van der Waals surface area contributed by atoms with Gasteiger partial charge in [0.05, 0.1) is 6.42 Å². The molecule has 4 heteroatoms. The summed E-state index contributed by atoms with van der Waals surface area (Å²) < 4.78 is 5.28. The fourth-order valence-electron chi connectivity index (χ4n) is 3.37. The average Bonchev–Trinajstić information content (AvgIpc) is 2.49. The van der Waals surface area contributed by atoms with Gasteiger partial charge in [0.25, 0.3) is 0 Å². The SMILES string of the molecule is Cc1cc(COC(=O)CCS)cc(C2CCCCCCC2)c1O. The van der Waals surface area contributed by atoms with Crippen LogP contribution in [0.3, 0.4) is 0 Å². The first-order chi connectivity index (χ1) is 11.1. The lowest BCUT2D eigenvalue weighted by Crippen LogP contribution is -2.07. The molecular weight excluding hydrogens is 308 g/mol. The summed E-state index contributed by atoms with van der Waals surface area (Å²) in [5.41, 5.74) is 2.86. The number of hydrogen-bond acceptors (Lipinski definition) is 4. The number of ether oxygens (including phenoxy) is 1. The van der Waals surface area contributed by atoms with Gasteiger partial charge < -0.3 is 9.84 Å².